The molecule has 0 aliphatic heterocycles. The minimum atomic E-state index is -3.88. The van der Waals surface area contributed by atoms with Gasteiger partial charge in [-0.25, -0.2) is 0 Å². The third kappa shape index (κ3) is 10.6. The number of rotatable bonds is 13. The van der Waals surface area contributed by atoms with Gasteiger partial charge in [-0.2, -0.15) is 8.42 Å². The molecular weight excluding hydrogens is 276 g/mol. The van der Waals surface area contributed by atoms with Crippen LogP contribution in [0.25, 0.3) is 0 Å². The van der Waals surface area contributed by atoms with Gasteiger partial charge in [-0.3, -0.25) is 4.55 Å². The predicted molar refractivity (Wildman–Crippen MR) is 83.5 cm³/mol. The van der Waals surface area contributed by atoms with E-state index in [1.807, 2.05) is 6.92 Å². The highest BCUT2D eigenvalue weighted by molar-refractivity contribution is 7.86. The van der Waals surface area contributed by atoms with Crippen LogP contribution in [0.3, 0.4) is 0 Å². The molecule has 0 amide bonds. The summed E-state index contributed by atoms with van der Waals surface area (Å²) in [5.74, 6) is 0. The van der Waals surface area contributed by atoms with E-state index in [4.69, 9.17) is 4.55 Å². The molecule has 0 aliphatic rings. The maximum absolute atomic E-state index is 11.2. The third-order valence-electron chi connectivity index (χ3n) is 3.72. The van der Waals surface area contributed by atoms with Gasteiger partial charge in [0.2, 0.25) is 0 Å². The Hall–Kier alpha value is -0.130. The van der Waals surface area contributed by atoms with Gasteiger partial charge in [0.25, 0.3) is 10.1 Å². The molecule has 20 heavy (non-hydrogen) atoms. The monoisotopic (exact) mass is 308 g/mol. The highest BCUT2D eigenvalue weighted by atomic mass is 32.2. The summed E-state index contributed by atoms with van der Waals surface area (Å²) < 4.78 is 31.4. The van der Waals surface area contributed by atoms with E-state index >= 15 is 0 Å². The summed E-state index contributed by atoms with van der Waals surface area (Å²) in [6, 6.07) is 0. The molecule has 0 spiro atoms. The fraction of sp³-hybridized carbons (Fsp3) is 1.00. The maximum Gasteiger partial charge on any atom is 0.267 e. The Morgan fingerprint density at radius 2 is 1.30 bits per heavy atom. The van der Waals surface area contributed by atoms with Crippen molar-refractivity contribution >= 4 is 10.1 Å². The topological polar surface area (TPSA) is 74.6 Å². The van der Waals surface area contributed by atoms with Crippen LogP contribution >= 0.6 is 0 Å². The molecule has 4 nitrogen and oxygen atoms in total. The van der Waals surface area contributed by atoms with Gasteiger partial charge >= 0.3 is 0 Å². The van der Waals surface area contributed by atoms with Crippen molar-refractivity contribution in [1.82, 2.24) is 0 Å². The van der Waals surface area contributed by atoms with E-state index in [2.05, 4.69) is 6.92 Å². The molecule has 0 saturated carbocycles. The third-order valence-corrected chi connectivity index (χ3v) is 5.03. The Labute approximate surface area is 124 Å². The van der Waals surface area contributed by atoms with E-state index in [0.717, 1.165) is 57.8 Å². The lowest BCUT2D eigenvalue weighted by Crippen LogP contribution is -2.20. The summed E-state index contributed by atoms with van der Waals surface area (Å²) in [6.45, 7) is 4.00. The molecule has 2 unspecified atom stereocenters. The quantitative estimate of drug-likeness (QED) is 0.399. The van der Waals surface area contributed by atoms with Gasteiger partial charge in [0, 0.05) is 0 Å². The Kier molecular flexibility index (Phi) is 11.4. The molecule has 0 aromatic rings. The standard InChI is InChI=1S/C15H32O4S/c1-3-10-14(16)12-8-6-5-7-9-13-15(11-4-2)20(17,18)19/h14-16H,3-13H2,1-2H3,(H,17,18,19). The van der Waals surface area contributed by atoms with E-state index in [9.17, 15) is 13.5 Å². The van der Waals surface area contributed by atoms with Crippen LogP contribution in [-0.2, 0) is 10.1 Å². The molecule has 0 aromatic heterocycles. The van der Waals surface area contributed by atoms with Gasteiger partial charge in [-0.05, 0) is 25.7 Å². The zero-order chi connectivity index (χ0) is 15.4. The molecule has 0 aliphatic carbocycles. The molecular formula is C15H32O4S. The van der Waals surface area contributed by atoms with Crippen LogP contribution in [0.4, 0.5) is 0 Å². The molecule has 0 bridgehead atoms. The second-order valence-corrected chi connectivity index (χ2v) is 7.41. The lowest BCUT2D eigenvalue weighted by molar-refractivity contribution is 0.150. The van der Waals surface area contributed by atoms with Crippen molar-refractivity contribution in [3.8, 4) is 0 Å². The van der Waals surface area contributed by atoms with Crippen LogP contribution in [0, 0.1) is 0 Å². The first-order valence-electron chi connectivity index (χ1n) is 8.06. The summed E-state index contributed by atoms with van der Waals surface area (Å²) >= 11 is 0. The number of aliphatic hydroxyl groups is 1. The lowest BCUT2D eigenvalue weighted by atomic mass is 10.0. The van der Waals surface area contributed by atoms with E-state index in [0.29, 0.717) is 12.8 Å². The summed E-state index contributed by atoms with van der Waals surface area (Å²) in [5.41, 5.74) is 0. The van der Waals surface area contributed by atoms with Crippen LogP contribution < -0.4 is 0 Å². The minimum Gasteiger partial charge on any atom is -0.393 e. The number of hydrogen-bond donors (Lipinski definition) is 2. The van der Waals surface area contributed by atoms with Gasteiger partial charge in [-0.15, -0.1) is 0 Å². The van der Waals surface area contributed by atoms with Crippen molar-refractivity contribution < 1.29 is 18.1 Å². The highest BCUT2D eigenvalue weighted by Gasteiger charge is 2.20. The van der Waals surface area contributed by atoms with E-state index in [1.54, 1.807) is 0 Å². The first-order valence-corrected chi connectivity index (χ1v) is 9.56. The van der Waals surface area contributed by atoms with Crippen molar-refractivity contribution in [3.63, 3.8) is 0 Å². The molecule has 2 atom stereocenters. The predicted octanol–water partition coefficient (Wildman–Crippen LogP) is 3.93. The Bertz CT molecular complexity index is 314. The average Bonchev–Trinajstić information content (AvgIpc) is 2.35. The summed E-state index contributed by atoms with van der Waals surface area (Å²) in [5, 5.41) is 8.99. The molecule has 0 rings (SSSR count). The fourth-order valence-corrected chi connectivity index (χ4v) is 3.52. The number of hydrogen-bond acceptors (Lipinski definition) is 3. The second-order valence-electron chi connectivity index (χ2n) is 5.71. The molecule has 0 saturated heterocycles. The van der Waals surface area contributed by atoms with Gasteiger partial charge in [0.05, 0.1) is 11.4 Å². The lowest BCUT2D eigenvalue weighted by Gasteiger charge is -2.12. The Morgan fingerprint density at radius 1 is 0.800 bits per heavy atom. The number of unbranched alkanes of at least 4 members (excludes halogenated alkanes) is 4. The molecule has 0 fully saturated rings. The Morgan fingerprint density at radius 3 is 1.80 bits per heavy atom. The normalized spacial score (nSPS) is 15.2. The van der Waals surface area contributed by atoms with Crippen molar-refractivity contribution in [1.29, 1.82) is 0 Å². The second kappa shape index (κ2) is 11.5. The molecule has 2 N–H and O–H groups in total. The van der Waals surface area contributed by atoms with Crippen LogP contribution in [-0.4, -0.2) is 29.4 Å². The first kappa shape index (κ1) is 19.9. The maximum atomic E-state index is 11.2. The van der Waals surface area contributed by atoms with Crippen molar-refractivity contribution in [3.05, 3.63) is 0 Å². The number of aliphatic hydroxyl groups excluding tert-OH is 1. The minimum absolute atomic E-state index is 0.159. The largest absolute Gasteiger partial charge is 0.393 e. The van der Waals surface area contributed by atoms with Crippen LogP contribution in [0.1, 0.15) is 84.5 Å². The van der Waals surface area contributed by atoms with Crippen molar-refractivity contribution in [2.75, 3.05) is 0 Å². The van der Waals surface area contributed by atoms with Gasteiger partial charge in [0.15, 0.2) is 0 Å². The van der Waals surface area contributed by atoms with Crippen LogP contribution in [0.2, 0.25) is 0 Å². The SMILES string of the molecule is CCCC(O)CCCCCCCC(CCC)S(=O)(=O)O. The summed E-state index contributed by atoms with van der Waals surface area (Å²) in [7, 11) is -3.88. The van der Waals surface area contributed by atoms with Crippen molar-refractivity contribution in [2.24, 2.45) is 0 Å². The van der Waals surface area contributed by atoms with Crippen LogP contribution in [0.5, 0.6) is 0 Å². The molecule has 5 heteroatoms. The zero-order valence-corrected chi connectivity index (χ0v) is 13.9. The summed E-state index contributed by atoms with van der Waals surface area (Å²) in [4.78, 5) is 0. The first-order chi connectivity index (χ1) is 9.41. The smallest absolute Gasteiger partial charge is 0.267 e. The molecule has 0 aromatic carbocycles. The molecule has 0 heterocycles. The van der Waals surface area contributed by atoms with E-state index in [-0.39, 0.29) is 6.10 Å². The highest BCUT2D eigenvalue weighted by Crippen LogP contribution is 2.17. The van der Waals surface area contributed by atoms with Crippen molar-refractivity contribution in [2.45, 2.75) is 95.8 Å². The Balaban J connectivity index is 3.60. The average molecular weight is 308 g/mol. The zero-order valence-electron chi connectivity index (χ0n) is 13.1. The van der Waals surface area contributed by atoms with E-state index < -0.39 is 15.4 Å². The fourth-order valence-electron chi connectivity index (χ4n) is 2.52. The van der Waals surface area contributed by atoms with Gasteiger partial charge in [0.1, 0.15) is 0 Å². The van der Waals surface area contributed by atoms with Gasteiger partial charge in [-0.1, -0.05) is 58.8 Å². The van der Waals surface area contributed by atoms with Crippen LogP contribution in [0.15, 0.2) is 0 Å². The molecule has 122 valence electrons. The summed E-state index contributed by atoms with van der Waals surface area (Å²) in [6.07, 6.45) is 9.55. The van der Waals surface area contributed by atoms with Gasteiger partial charge < -0.3 is 5.11 Å². The van der Waals surface area contributed by atoms with E-state index in [1.165, 1.54) is 0 Å². The molecule has 0 radical (unpaired) electrons.